The van der Waals surface area contributed by atoms with Crippen LogP contribution in [0.25, 0.3) is 0 Å². The molecule has 0 amide bonds. The SMILES string of the molecule is CCCCCC/C=C\C/C=C\CCCCCCCCCC(=O)OC(COC(=O)CCCCCCC/C=C\CCCCCCCC)COC(=O)CCCCCCCCCCCCCCCCCCCCCCC. The van der Waals surface area contributed by atoms with Crippen LogP contribution in [-0.4, -0.2) is 37.2 Å². The Hall–Kier alpha value is -2.37. The quantitative estimate of drug-likeness (QED) is 0.0261. The van der Waals surface area contributed by atoms with E-state index in [1.54, 1.807) is 0 Å². The molecule has 0 aromatic carbocycles. The predicted molar refractivity (Wildman–Crippen MR) is 312 cm³/mol. The van der Waals surface area contributed by atoms with Crippen molar-refractivity contribution in [2.75, 3.05) is 13.2 Å². The molecule has 6 nitrogen and oxygen atoms in total. The van der Waals surface area contributed by atoms with E-state index in [9.17, 15) is 14.4 Å². The molecule has 1 atom stereocenters. The van der Waals surface area contributed by atoms with Crippen molar-refractivity contribution in [2.24, 2.45) is 0 Å². The average Bonchev–Trinajstić information content (AvgIpc) is 3.38. The van der Waals surface area contributed by atoms with Crippen LogP contribution < -0.4 is 0 Å². The molecule has 0 N–H and O–H groups in total. The van der Waals surface area contributed by atoms with Gasteiger partial charge >= 0.3 is 17.9 Å². The fraction of sp³-hybridized carbons (Fsp3) is 0.864. The van der Waals surface area contributed by atoms with E-state index in [-0.39, 0.29) is 31.1 Å². The minimum atomic E-state index is -0.778. The van der Waals surface area contributed by atoms with Crippen LogP contribution in [0, 0.1) is 0 Å². The van der Waals surface area contributed by atoms with Gasteiger partial charge in [-0.05, 0) is 77.0 Å². The summed E-state index contributed by atoms with van der Waals surface area (Å²) in [4.78, 5) is 38.3. The maximum absolute atomic E-state index is 12.9. The third-order valence-electron chi connectivity index (χ3n) is 14.4. The Labute approximate surface area is 448 Å². The van der Waals surface area contributed by atoms with Crippen LogP contribution in [-0.2, 0) is 28.6 Å². The Morgan fingerprint density at radius 2 is 0.500 bits per heavy atom. The highest BCUT2D eigenvalue weighted by molar-refractivity contribution is 5.71. The first-order chi connectivity index (χ1) is 35.5. The van der Waals surface area contributed by atoms with E-state index in [2.05, 4.69) is 57.2 Å². The maximum atomic E-state index is 12.9. The standard InChI is InChI=1S/C66H122O6/c1-4-7-10-13-16-19-22-25-28-30-32-33-34-36-38-41-44-47-50-53-56-59-65(68)71-62-63(61-70-64(67)58-55-52-49-46-43-40-37-27-24-21-18-15-12-9-6-3)72-66(69)60-57-54-51-48-45-42-39-35-31-29-26-23-20-17-14-11-8-5-2/h20,23,27,29,31,37,63H,4-19,21-22,24-26,28,30,32-36,38-62H2,1-3H3/b23-20-,31-29-,37-27-. The van der Waals surface area contributed by atoms with Gasteiger partial charge in [-0.15, -0.1) is 0 Å². The minimum absolute atomic E-state index is 0.0739. The van der Waals surface area contributed by atoms with Crippen LogP contribution in [0.3, 0.4) is 0 Å². The zero-order valence-corrected chi connectivity index (χ0v) is 48.5. The number of ether oxygens (including phenoxy) is 3. The van der Waals surface area contributed by atoms with E-state index in [0.717, 1.165) is 77.0 Å². The third kappa shape index (κ3) is 58.5. The van der Waals surface area contributed by atoms with Gasteiger partial charge in [0.15, 0.2) is 6.10 Å². The van der Waals surface area contributed by atoms with E-state index < -0.39 is 6.10 Å². The van der Waals surface area contributed by atoms with Crippen molar-refractivity contribution < 1.29 is 28.6 Å². The van der Waals surface area contributed by atoms with Gasteiger partial charge in [0.1, 0.15) is 13.2 Å². The molecule has 0 aliphatic carbocycles. The average molecular weight is 1010 g/mol. The normalized spacial score (nSPS) is 12.2. The molecule has 1 unspecified atom stereocenters. The van der Waals surface area contributed by atoms with Crippen molar-refractivity contribution in [1.82, 2.24) is 0 Å². The lowest BCUT2D eigenvalue weighted by atomic mass is 10.0. The number of unbranched alkanes of at least 4 members (excludes halogenated alkanes) is 42. The number of hydrogen-bond acceptors (Lipinski definition) is 6. The second-order valence-electron chi connectivity index (χ2n) is 21.7. The van der Waals surface area contributed by atoms with Crippen LogP contribution in [0.5, 0.6) is 0 Å². The lowest BCUT2D eigenvalue weighted by molar-refractivity contribution is -0.167. The highest BCUT2D eigenvalue weighted by Crippen LogP contribution is 2.17. The Kier molecular flexibility index (Phi) is 59.2. The van der Waals surface area contributed by atoms with E-state index in [1.807, 2.05) is 0 Å². The Morgan fingerprint density at radius 3 is 0.792 bits per heavy atom. The molecule has 0 saturated carbocycles. The second kappa shape index (κ2) is 61.2. The van der Waals surface area contributed by atoms with Crippen LogP contribution >= 0.6 is 0 Å². The summed E-state index contributed by atoms with van der Waals surface area (Å²) >= 11 is 0. The molecule has 0 rings (SSSR count). The fourth-order valence-electron chi connectivity index (χ4n) is 9.53. The van der Waals surface area contributed by atoms with Crippen LogP contribution in [0.15, 0.2) is 36.5 Å². The van der Waals surface area contributed by atoms with Crippen LogP contribution in [0.2, 0.25) is 0 Å². The second-order valence-corrected chi connectivity index (χ2v) is 21.7. The highest BCUT2D eigenvalue weighted by Gasteiger charge is 2.19. The van der Waals surface area contributed by atoms with E-state index in [0.29, 0.717) is 19.3 Å². The first-order valence-electron chi connectivity index (χ1n) is 32.0. The van der Waals surface area contributed by atoms with E-state index >= 15 is 0 Å². The van der Waals surface area contributed by atoms with E-state index in [1.165, 1.54) is 231 Å². The molecule has 0 heterocycles. The number of carbonyl (C=O) groups is 3. The van der Waals surface area contributed by atoms with Crippen molar-refractivity contribution in [2.45, 2.75) is 354 Å². The van der Waals surface area contributed by atoms with Crippen molar-refractivity contribution in [3.05, 3.63) is 36.5 Å². The van der Waals surface area contributed by atoms with Crippen molar-refractivity contribution >= 4 is 17.9 Å². The summed E-state index contributed by atoms with van der Waals surface area (Å²) in [6, 6.07) is 0. The summed E-state index contributed by atoms with van der Waals surface area (Å²) < 4.78 is 16.9. The minimum Gasteiger partial charge on any atom is -0.462 e. The molecular weight excluding hydrogens is 889 g/mol. The summed E-state index contributed by atoms with van der Waals surface area (Å²) in [7, 11) is 0. The topological polar surface area (TPSA) is 78.9 Å². The summed E-state index contributed by atoms with van der Waals surface area (Å²) in [5.74, 6) is -0.867. The van der Waals surface area contributed by atoms with Gasteiger partial charge < -0.3 is 14.2 Å². The molecule has 0 aliphatic rings. The number of carbonyl (C=O) groups excluding carboxylic acids is 3. The number of hydrogen-bond donors (Lipinski definition) is 0. The van der Waals surface area contributed by atoms with Crippen molar-refractivity contribution in [3.63, 3.8) is 0 Å². The molecular formula is C66H122O6. The van der Waals surface area contributed by atoms with Gasteiger partial charge in [-0.1, -0.05) is 288 Å². The zero-order valence-electron chi connectivity index (χ0n) is 48.5. The summed E-state index contributed by atoms with van der Waals surface area (Å²) in [5, 5.41) is 0. The van der Waals surface area contributed by atoms with E-state index in [4.69, 9.17) is 14.2 Å². The highest BCUT2D eigenvalue weighted by atomic mass is 16.6. The molecule has 0 bridgehead atoms. The molecule has 6 heteroatoms. The summed E-state index contributed by atoms with van der Waals surface area (Å²) in [6.45, 7) is 6.66. The number of esters is 3. The fourth-order valence-corrected chi connectivity index (χ4v) is 9.53. The van der Waals surface area contributed by atoms with Crippen LogP contribution in [0.1, 0.15) is 348 Å². The van der Waals surface area contributed by atoms with Gasteiger partial charge in [0.25, 0.3) is 0 Å². The molecule has 72 heavy (non-hydrogen) atoms. The predicted octanol–water partition coefficient (Wildman–Crippen LogP) is 21.6. The van der Waals surface area contributed by atoms with Gasteiger partial charge in [-0.25, -0.2) is 0 Å². The monoisotopic (exact) mass is 1010 g/mol. The number of rotatable bonds is 59. The third-order valence-corrected chi connectivity index (χ3v) is 14.4. The van der Waals surface area contributed by atoms with Gasteiger partial charge in [0.2, 0.25) is 0 Å². The molecule has 0 saturated heterocycles. The first-order valence-corrected chi connectivity index (χ1v) is 32.0. The van der Waals surface area contributed by atoms with Gasteiger partial charge in [0.05, 0.1) is 0 Å². The molecule has 0 fully saturated rings. The van der Waals surface area contributed by atoms with Crippen molar-refractivity contribution in [1.29, 1.82) is 0 Å². The number of allylic oxidation sites excluding steroid dienone is 6. The lowest BCUT2D eigenvalue weighted by Gasteiger charge is -2.18. The smallest absolute Gasteiger partial charge is 0.306 e. The molecule has 0 aromatic rings. The lowest BCUT2D eigenvalue weighted by Crippen LogP contribution is -2.30. The van der Waals surface area contributed by atoms with Gasteiger partial charge in [-0.3, -0.25) is 14.4 Å². The molecule has 0 aromatic heterocycles. The zero-order chi connectivity index (χ0) is 52.2. The first kappa shape index (κ1) is 69.6. The largest absolute Gasteiger partial charge is 0.462 e. The molecule has 0 aliphatic heterocycles. The van der Waals surface area contributed by atoms with Crippen LogP contribution in [0.4, 0.5) is 0 Å². The summed E-state index contributed by atoms with van der Waals surface area (Å²) in [6.07, 6.45) is 74.3. The molecule has 0 radical (unpaired) electrons. The Morgan fingerprint density at radius 1 is 0.278 bits per heavy atom. The summed E-state index contributed by atoms with van der Waals surface area (Å²) in [5.41, 5.74) is 0. The van der Waals surface area contributed by atoms with Gasteiger partial charge in [0, 0.05) is 19.3 Å². The van der Waals surface area contributed by atoms with Crippen molar-refractivity contribution in [3.8, 4) is 0 Å². The molecule has 422 valence electrons. The molecule has 0 spiro atoms. The Bertz CT molecular complexity index is 1210. The van der Waals surface area contributed by atoms with Gasteiger partial charge in [-0.2, -0.15) is 0 Å². The maximum Gasteiger partial charge on any atom is 0.306 e. The Balaban J connectivity index is 4.32.